The van der Waals surface area contributed by atoms with Crippen molar-refractivity contribution >= 4 is 18.4 Å². The third-order valence-corrected chi connectivity index (χ3v) is 2.01. The van der Waals surface area contributed by atoms with Crippen LogP contribution in [0.4, 0.5) is 0 Å². The highest BCUT2D eigenvalue weighted by atomic mass is 35.5. The first-order valence-electron chi connectivity index (χ1n) is 5.66. The van der Waals surface area contributed by atoms with Crippen molar-refractivity contribution in [2.24, 2.45) is 17.6 Å². The summed E-state index contributed by atoms with van der Waals surface area (Å²) >= 11 is 0. The molecule has 4 heteroatoms. The van der Waals surface area contributed by atoms with E-state index in [4.69, 9.17) is 10.5 Å². The van der Waals surface area contributed by atoms with Crippen molar-refractivity contribution in [1.82, 2.24) is 0 Å². The Morgan fingerprint density at radius 2 is 1.81 bits per heavy atom. The summed E-state index contributed by atoms with van der Waals surface area (Å²) < 4.78 is 5.26. The Labute approximate surface area is 106 Å². The largest absolute Gasteiger partial charge is 0.460 e. The van der Waals surface area contributed by atoms with Crippen LogP contribution in [0.15, 0.2) is 0 Å². The Morgan fingerprint density at radius 3 is 2.12 bits per heavy atom. The molecule has 0 aliphatic carbocycles. The number of rotatable bonds is 5. The van der Waals surface area contributed by atoms with Gasteiger partial charge in [-0.3, -0.25) is 4.79 Å². The van der Waals surface area contributed by atoms with Crippen LogP contribution in [0.2, 0.25) is 0 Å². The number of esters is 1. The van der Waals surface area contributed by atoms with Crippen molar-refractivity contribution in [2.75, 3.05) is 6.54 Å². The minimum absolute atomic E-state index is 0. The zero-order valence-corrected chi connectivity index (χ0v) is 11.9. The lowest BCUT2D eigenvalue weighted by Gasteiger charge is -2.22. The molecule has 98 valence electrons. The average molecular weight is 252 g/mol. The maximum Gasteiger partial charge on any atom is 0.306 e. The lowest BCUT2D eigenvalue weighted by molar-refractivity contribution is -0.156. The number of halogens is 1. The molecule has 0 fully saturated rings. The second kappa shape index (κ2) is 7.91. The molecule has 0 aromatic heterocycles. The predicted octanol–water partition coefficient (Wildman–Crippen LogP) is 2.76. The van der Waals surface area contributed by atoms with Gasteiger partial charge < -0.3 is 10.5 Å². The van der Waals surface area contributed by atoms with Crippen LogP contribution in [0, 0.1) is 11.8 Å². The summed E-state index contributed by atoms with van der Waals surface area (Å²) in [5.74, 6) is 0.680. The lowest BCUT2D eigenvalue weighted by atomic mass is 9.94. The first-order valence-corrected chi connectivity index (χ1v) is 5.66. The van der Waals surface area contributed by atoms with Gasteiger partial charge in [0.1, 0.15) is 5.60 Å². The second-order valence-corrected chi connectivity index (χ2v) is 5.52. The van der Waals surface area contributed by atoms with Gasteiger partial charge in [-0.15, -0.1) is 12.4 Å². The standard InChI is InChI=1S/C12H25NO2.ClH/c1-9(2)6-10(8-13)7-11(14)15-12(3,4)5;/h9-10H,6-8,13H2,1-5H3;1H. The molecule has 0 spiro atoms. The van der Waals surface area contributed by atoms with Gasteiger partial charge >= 0.3 is 5.97 Å². The van der Waals surface area contributed by atoms with E-state index in [0.29, 0.717) is 18.9 Å². The summed E-state index contributed by atoms with van der Waals surface area (Å²) in [6.07, 6.45) is 1.42. The van der Waals surface area contributed by atoms with Crippen molar-refractivity contribution in [3.63, 3.8) is 0 Å². The third kappa shape index (κ3) is 10.2. The number of carbonyl (C=O) groups excluding carboxylic acids is 1. The molecule has 0 aliphatic heterocycles. The fourth-order valence-electron chi connectivity index (χ4n) is 1.55. The van der Waals surface area contributed by atoms with Crippen LogP contribution in [0.5, 0.6) is 0 Å². The van der Waals surface area contributed by atoms with Crippen LogP contribution in [0.25, 0.3) is 0 Å². The van der Waals surface area contributed by atoms with E-state index in [1.807, 2.05) is 20.8 Å². The molecule has 0 radical (unpaired) electrons. The normalized spacial score (nSPS) is 13.2. The van der Waals surface area contributed by atoms with Crippen molar-refractivity contribution in [1.29, 1.82) is 0 Å². The molecule has 0 bridgehead atoms. The number of hydrogen-bond donors (Lipinski definition) is 1. The molecule has 2 N–H and O–H groups in total. The van der Waals surface area contributed by atoms with E-state index in [9.17, 15) is 4.79 Å². The zero-order valence-electron chi connectivity index (χ0n) is 11.1. The van der Waals surface area contributed by atoms with Gasteiger partial charge in [0.25, 0.3) is 0 Å². The quantitative estimate of drug-likeness (QED) is 0.765. The Hall–Kier alpha value is -0.280. The highest BCUT2D eigenvalue weighted by molar-refractivity contribution is 5.85. The van der Waals surface area contributed by atoms with E-state index in [-0.39, 0.29) is 24.3 Å². The van der Waals surface area contributed by atoms with Gasteiger partial charge in [0.2, 0.25) is 0 Å². The molecule has 0 saturated carbocycles. The molecule has 0 saturated heterocycles. The van der Waals surface area contributed by atoms with E-state index < -0.39 is 5.60 Å². The minimum Gasteiger partial charge on any atom is -0.460 e. The van der Waals surface area contributed by atoms with Crippen LogP contribution in [0.1, 0.15) is 47.5 Å². The molecule has 0 aromatic rings. The van der Waals surface area contributed by atoms with Crippen LogP contribution in [0.3, 0.4) is 0 Å². The molecular weight excluding hydrogens is 226 g/mol. The summed E-state index contributed by atoms with van der Waals surface area (Å²) in [6.45, 7) is 10.5. The maximum atomic E-state index is 11.5. The van der Waals surface area contributed by atoms with Crippen LogP contribution >= 0.6 is 12.4 Å². The van der Waals surface area contributed by atoms with Crippen LogP contribution in [-0.4, -0.2) is 18.1 Å². The van der Waals surface area contributed by atoms with E-state index >= 15 is 0 Å². The molecule has 0 aliphatic rings. The molecule has 1 atom stereocenters. The zero-order chi connectivity index (χ0) is 12.1. The van der Waals surface area contributed by atoms with E-state index in [2.05, 4.69) is 13.8 Å². The van der Waals surface area contributed by atoms with Gasteiger partial charge in [-0.05, 0) is 45.6 Å². The third-order valence-electron chi connectivity index (χ3n) is 2.01. The molecule has 16 heavy (non-hydrogen) atoms. The molecule has 0 amide bonds. The second-order valence-electron chi connectivity index (χ2n) is 5.52. The summed E-state index contributed by atoms with van der Waals surface area (Å²) in [7, 11) is 0. The highest BCUT2D eigenvalue weighted by Gasteiger charge is 2.20. The van der Waals surface area contributed by atoms with Gasteiger partial charge in [0.15, 0.2) is 0 Å². The van der Waals surface area contributed by atoms with Crippen molar-refractivity contribution in [3.8, 4) is 0 Å². The Kier molecular flexibility index (Phi) is 8.94. The van der Waals surface area contributed by atoms with Gasteiger partial charge in [-0.2, -0.15) is 0 Å². The minimum atomic E-state index is -0.395. The summed E-state index contributed by atoms with van der Waals surface area (Å²) in [5.41, 5.74) is 5.23. The van der Waals surface area contributed by atoms with Crippen LogP contribution < -0.4 is 5.73 Å². The highest BCUT2D eigenvalue weighted by Crippen LogP contribution is 2.17. The van der Waals surface area contributed by atoms with Crippen molar-refractivity contribution in [2.45, 2.75) is 53.1 Å². The van der Waals surface area contributed by atoms with Crippen molar-refractivity contribution in [3.05, 3.63) is 0 Å². The number of carbonyl (C=O) groups is 1. The summed E-state index contributed by atoms with van der Waals surface area (Å²) in [4.78, 5) is 11.5. The predicted molar refractivity (Wildman–Crippen MR) is 69.7 cm³/mol. The molecule has 0 aromatic carbocycles. The topological polar surface area (TPSA) is 52.3 Å². The van der Waals surface area contributed by atoms with Crippen LogP contribution in [-0.2, 0) is 9.53 Å². The van der Waals surface area contributed by atoms with E-state index in [1.165, 1.54) is 0 Å². The Balaban J connectivity index is 0. The first kappa shape index (κ1) is 18.1. The van der Waals surface area contributed by atoms with E-state index in [0.717, 1.165) is 6.42 Å². The molecule has 1 unspecified atom stereocenters. The van der Waals surface area contributed by atoms with Crippen molar-refractivity contribution < 1.29 is 9.53 Å². The molecule has 3 nitrogen and oxygen atoms in total. The molecule has 0 rings (SSSR count). The monoisotopic (exact) mass is 251 g/mol. The number of ether oxygens (including phenoxy) is 1. The maximum absolute atomic E-state index is 11.5. The fraction of sp³-hybridized carbons (Fsp3) is 0.917. The summed E-state index contributed by atoms with van der Waals surface area (Å²) in [5, 5.41) is 0. The average Bonchev–Trinajstić information content (AvgIpc) is 1.98. The van der Waals surface area contributed by atoms with Gasteiger partial charge in [0.05, 0.1) is 0 Å². The SMILES string of the molecule is CC(C)CC(CN)CC(=O)OC(C)(C)C.Cl. The number of hydrogen-bond acceptors (Lipinski definition) is 3. The first-order chi connectivity index (χ1) is 6.74. The van der Waals surface area contributed by atoms with Gasteiger partial charge in [0, 0.05) is 6.42 Å². The Morgan fingerprint density at radius 1 is 1.31 bits per heavy atom. The lowest BCUT2D eigenvalue weighted by Crippen LogP contribution is -2.27. The fourth-order valence-corrected chi connectivity index (χ4v) is 1.55. The smallest absolute Gasteiger partial charge is 0.306 e. The Bertz CT molecular complexity index is 200. The van der Waals surface area contributed by atoms with E-state index in [1.54, 1.807) is 0 Å². The molecule has 0 heterocycles. The number of nitrogens with two attached hydrogens (primary N) is 1. The molecular formula is C12H26ClNO2. The van der Waals surface area contributed by atoms with Gasteiger partial charge in [-0.1, -0.05) is 13.8 Å². The summed E-state index contributed by atoms with van der Waals surface area (Å²) in [6, 6.07) is 0. The van der Waals surface area contributed by atoms with Gasteiger partial charge in [-0.25, -0.2) is 0 Å².